The van der Waals surface area contributed by atoms with Crippen LogP contribution in [0.3, 0.4) is 0 Å². The molecular formula is C21H19ClN2O6S. The molecule has 162 valence electrons. The molecule has 31 heavy (non-hydrogen) atoms. The van der Waals surface area contributed by atoms with E-state index in [-0.39, 0.29) is 17.0 Å². The zero-order valence-corrected chi connectivity index (χ0v) is 18.0. The van der Waals surface area contributed by atoms with Crippen LogP contribution in [0.4, 0.5) is 5.69 Å². The Labute approximate surface area is 184 Å². The zero-order valence-electron chi connectivity index (χ0n) is 16.4. The van der Waals surface area contributed by atoms with Crippen molar-refractivity contribution in [2.24, 2.45) is 0 Å². The van der Waals surface area contributed by atoms with Crippen LogP contribution in [0.25, 0.3) is 0 Å². The standard InChI is InChI=1S/C21H19ClN2O6S/c1-14-18(22)5-2-6-19(14)24-20(25)13-30-21(26)15-7-9-17(10-8-15)31(27,28)23-12-16-4-3-11-29-16/h2-11,23H,12-13H2,1H3,(H,24,25). The molecule has 0 bridgehead atoms. The van der Waals surface area contributed by atoms with Gasteiger partial charge in [-0.15, -0.1) is 0 Å². The van der Waals surface area contributed by atoms with Gasteiger partial charge in [0, 0.05) is 10.7 Å². The summed E-state index contributed by atoms with van der Waals surface area (Å²) in [7, 11) is -3.78. The number of hydrogen-bond acceptors (Lipinski definition) is 6. The van der Waals surface area contributed by atoms with Crippen LogP contribution in [-0.4, -0.2) is 26.9 Å². The lowest BCUT2D eigenvalue weighted by molar-refractivity contribution is -0.119. The van der Waals surface area contributed by atoms with Crippen molar-refractivity contribution in [2.75, 3.05) is 11.9 Å². The number of sulfonamides is 1. The Morgan fingerprint density at radius 3 is 2.48 bits per heavy atom. The predicted octanol–water partition coefficient (Wildman–Crippen LogP) is 3.52. The molecule has 0 atom stereocenters. The number of carbonyl (C=O) groups is 2. The Balaban J connectivity index is 1.55. The van der Waals surface area contributed by atoms with Crippen LogP contribution in [0.5, 0.6) is 0 Å². The Bertz CT molecular complexity index is 1180. The molecule has 10 heteroatoms. The van der Waals surface area contributed by atoms with Gasteiger partial charge in [0.1, 0.15) is 5.76 Å². The van der Waals surface area contributed by atoms with Crippen molar-refractivity contribution in [1.29, 1.82) is 0 Å². The molecule has 0 aliphatic carbocycles. The van der Waals surface area contributed by atoms with Crippen molar-refractivity contribution in [3.05, 3.63) is 82.8 Å². The zero-order chi connectivity index (χ0) is 22.4. The van der Waals surface area contributed by atoms with E-state index in [1.165, 1.54) is 30.5 Å². The number of nitrogens with one attached hydrogen (secondary N) is 2. The highest BCUT2D eigenvalue weighted by Gasteiger charge is 2.17. The summed E-state index contributed by atoms with van der Waals surface area (Å²) in [6, 6.07) is 13.5. The first-order chi connectivity index (χ1) is 14.8. The van der Waals surface area contributed by atoms with Crippen LogP contribution in [0.15, 0.2) is 70.2 Å². The quantitative estimate of drug-likeness (QED) is 0.495. The first-order valence-electron chi connectivity index (χ1n) is 9.10. The number of furan rings is 1. The maximum absolute atomic E-state index is 12.3. The normalized spacial score (nSPS) is 11.2. The SMILES string of the molecule is Cc1c(Cl)cccc1NC(=O)COC(=O)c1ccc(S(=O)(=O)NCc2ccco2)cc1. The lowest BCUT2D eigenvalue weighted by Gasteiger charge is -2.10. The Kier molecular flexibility index (Phi) is 7.11. The minimum atomic E-state index is -3.78. The van der Waals surface area contributed by atoms with Crippen LogP contribution in [0.1, 0.15) is 21.7 Å². The molecule has 2 N–H and O–H groups in total. The fraction of sp³-hybridized carbons (Fsp3) is 0.143. The van der Waals surface area contributed by atoms with Crippen molar-refractivity contribution in [3.63, 3.8) is 0 Å². The maximum atomic E-state index is 12.3. The maximum Gasteiger partial charge on any atom is 0.338 e. The highest BCUT2D eigenvalue weighted by molar-refractivity contribution is 7.89. The topological polar surface area (TPSA) is 115 Å². The molecule has 8 nitrogen and oxygen atoms in total. The van der Waals surface area contributed by atoms with Crippen molar-refractivity contribution in [2.45, 2.75) is 18.4 Å². The lowest BCUT2D eigenvalue weighted by Crippen LogP contribution is -2.23. The van der Waals surface area contributed by atoms with Crippen LogP contribution < -0.4 is 10.0 Å². The lowest BCUT2D eigenvalue weighted by atomic mass is 10.2. The van der Waals surface area contributed by atoms with Gasteiger partial charge in [-0.3, -0.25) is 4.79 Å². The highest BCUT2D eigenvalue weighted by Crippen LogP contribution is 2.22. The number of rotatable bonds is 8. The summed E-state index contributed by atoms with van der Waals surface area (Å²) >= 11 is 6.01. The van der Waals surface area contributed by atoms with Gasteiger partial charge in [-0.1, -0.05) is 17.7 Å². The van der Waals surface area contributed by atoms with Gasteiger partial charge in [0.05, 0.1) is 23.3 Å². The number of hydrogen-bond donors (Lipinski definition) is 2. The van der Waals surface area contributed by atoms with E-state index in [4.69, 9.17) is 20.8 Å². The smallest absolute Gasteiger partial charge is 0.338 e. The summed E-state index contributed by atoms with van der Waals surface area (Å²) in [4.78, 5) is 24.2. The molecule has 1 heterocycles. The number of carbonyl (C=O) groups excluding carboxylic acids is 2. The summed E-state index contributed by atoms with van der Waals surface area (Å²) in [6.45, 7) is 1.25. The molecule has 2 aromatic carbocycles. The molecule has 0 saturated heterocycles. The molecule has 3 aromatic rings. The van der Waals surface area contributed by atoms with Crippen LogP contribution >= 0.6 is 11.6 Å². The number of benzene rings is 2. The highest BCUT2D eigenvalue weighted by atomic mass is 35.5. The Morgan fingerprint density at radius 1 is 1.06 bits per heavy atom. The number of esters is 1. The van der Waals surface area contributed by atoms with Crippen molar-refractivity contribution in [3.8, 4) is 0 Å². The molecule has 0 radical (unpaired) electrons. The van der Waals surface area contributed by atoms with Gasteiger partial charge in [-0.05, 0) is 61.0 Å². The number of halogens is 1. The van der Waals surface area contributed by atoms with E-state index in [1.54, 1.807) is 37.3 Å². The third-order valence-corrected chi connectivity index (χ3v) is 6.12. The van der Waals surface area contributed by atoms with Crippen LogP contribution in [-0.2, 0) is 26.1 Å². The Hall–Kier alpha value is -3.14. The first-order valence-corrected chi connectivity index (χ1v) is 11.0. The summed E-state index contributed by atoms with van der Waals surface area (Å²) in [5, 5.41) is 3.12. The van der Waals surface area contributed by atoms with E-state index in [0.717, 1.165) is 0 Å². The largest absolute Gasteiger partial charge is 0.468 e. The minimum Gasteiger partial charge on any atom is -0.468 e. The first kappa shape index (κ1) is 22.5. The van der Waals surface area contributed by atoms with Gasteiger partial charge in [0.15, 0.2) is 6.61 Å². The van der Waals surface area contributed by atoms with E-state index in [2.05, 4.69) is 10.0 Å². The third-order valence-electron chi connectivity index (χ3n) is 4.29. The molecule has 0 saturated carbocycles. The predicted molar refractivity (Wildman–Crippen MR) is 114 cm³/mol. The second-order valence-corrected chi connectivity index (χ2v) is 8.64. The van der Waals surface area contributed by atoms with E-state index in [0.29, 0.717) is 22.0 Å². The molecule has 0 fully saturated rings. The number of anilines is 1. The van der Waals surface area contributed by atoms with Crippen LogP contribution in [0, 0.1) is 6.92 Å². The summed E-state index contributed by atoms with van der Waals surface area (Å²) in [5.41, 5.74) is 1.32. The molecule has 0 spiro atoms. The fourth-order valence-corrected chi connectivity index (χ4v) is 3.74. The molecule has 0 aliphatic rings. The van der Waals surface area contributed by atoms with Crippen LogP contribution in [0.2, 0.25) is 5.02 Å². The average Bonchev–Trinajstić information content (AvgIpc) is 3.28. The van der Waals surface area contributed by atoms with Gasteiger partial charge in [-0.2, -0.15) is 0 Å². The number of ether oxygens (including phenoxy) is 1. The van der Waals surface area contributed by atoms with Crippen molar-refractivity contribution < 1.29 is 27.2 Å². The molecule has 3 rings (SSSR count). The second kappa shape index (κ2) is 9.78. The van der Waals surface area contributed by atoms with E-state index < -0.39 is 28.5 Å². The third kappa shape index (κ3) is 5.94. The molecule has 1 amide bonds. The monoisotopic (exact) mass is 462 g/mol. The van der Waals surface area contributed by atoms with E-state index in [1.807, 2.05) is 0 Å². The second-order valence-electron chi connectivity index (χ2n) is 6.46. The van der Waals surface area contributed by atoms with Crippen molar-refractivity contribution in [1.82, 2.24) is 4.72 Å². The van der Waals surface area contributed by atoms with Gasteiger partial charge in [-0.25, -0.2) is 17.9 Å². The summed E-state index contributed by atoms with van der Waals surface area (Å²) < 4.78 is 37.1. The van der Waals surface area contributed by atoms with Gasteiger partial charge >= 0.3 is 5.97 Å². The van der Waals surface area contributed by atoms with Gasteiger partial charge < -0.3 is 14.5 Å². The van der Waals surface area contributed by atoms with E-state index in [9.17, 15) is 18.0 Å². The average molecular weight is 463 g/mol. The summed E-state index contributed by atoms with van der Waals surface area (Å²) in [6.07, 6.45) is 1.44. The minimum absolute atomic E-state index is 0.000336. The Morgan fingerprint density at radius 2 is 1.81 bits per heavy atom. The van der Waals surface area contributed by atoms with E-state index >= 15 is 0 Å². The molecular weight excluding hydrogens is 444 g/mol. The molecule has 1 aromatic heterocycles. The summed E-state index contributed by atoms with van der Waals surface area (Å²) in [5.74, 6) is -0.819. The van der Waals surface area contributed by atoms with Crippen molar-refractivity contribution >= 4 is 39.2 Å². The molecule has 0 unspecified atom stereocenters. The van der Waals surface area contributed by atoms with Gasteiger partial charge in [0.2, 0.25) is 10.0 Å². The number of amides is 1. The fourth-order valence-electron chi connectivity index (χ4n) is 2.58. The molecule has 0 aliphatic heterocycles. The van der Waals surface area contributed by atoms with Gasteiger partial charge in [0.25, 0.3) is 5.91 Å².